The van der Waals surface area contributed by atoms with Gasteiger partial charge in [0.15, 0.2) is 5.13 Å². The van der Waals surface area contributed by atoms with Crippen LogP contribution in [-0.4, -0.2) is 22.4 Å². The van der Waals surface area contributed by atoms with Crippen LogP contribution in [0.1, 0.15) is 23.0 Å². The third kappa shape index (κ3) is 3.04. The first-order valence-electron chi connectivity index (χ1n) is 5.62. The molecule has 0 spiro atoms. The van der Waals surface area contributed by atoms with Gasteiger partial charge in [-0.3, -0.25) is 10.1 Å². The minimum absolute atomic E-state index is 0.195. The van der Waals surface area contributed by atoms with E-state index in [0.717, 1.165) is 18.1 Å². The Balaban J connectivity index is 2.04. The molecule has 94 valence electrons. The fourth-order valence-corrected chi connectivity index (χ4v) is 2.08. The van der Waals surface area contributed by atoms with Crippen molar-refractivity contribution in [1.82, 2.24) is 9.97 Å². The van der Waals surface area contributed by atoms with E-state index in [0.29, 0.717) is 10.7 Å². The topological polar surface area (TPSA) is 66.9 Å². The number of hydrogen-bond acceptors (Lipinski definition) is 5. The molecule has 2 aromatic rings. The largest absolute Gasteiger partial charge is 0.370 e. The predicted molar refractivity (Wildman–Crippen MR) is 73.2 cm³/mol. The average molecular weight is 262 g/mol. The number of aromatic nitrogens is 2. The zero-order valence-corrected chi connectivity index (χ0v) is 11.0. The molecule has 0 bridgehead atoms. The van der Waals surface area contributed by atoms with Crippen molar-refractivity contribution in [3.8, 4) is 0 Å². The van der Waals surface area contributed by atoms with E-state index in [4.69, 9.17) is 0 Å². The molecule has 2 N–H and O–H groups in total. The quantitative estimate of drug-likeness (QED) is 0.888. The molecule has 5 nitrogen and oxygen atoms in total. The maximum atomic E-state index is 11.9. The summed E-state index contributed by atoms with van der Waals surface area (Å²) in [5.74, 6) is 0.569. The number of nitrogens with one attached hydrogen (secondary N) is 2. The molecule has 0 aliphatic carbocycles. The Morgan fingerprint density at radius 2 is 2.28 bits per heavy atom. The molecule has 2 heterocycles. The van der Waals surface area contributed by atoms with E-state index in [9.17, 15) is 4.79 Å². The minimum atomic E-state index is -0.195. The second kappa shape index (κ2) is 5.59. The summed E-state index contributed by atoms with van der Waals surface area (Å²) in [5, 5.41) is 8.31. The maximum Gasteiger partial charge on any atom is 0.259 e. The number of pyridine rings is 1. The van der Waals surface area contributed by atoms with Gasteiger partial charge in [0.05, 0.1) is 11.3 Å². The van der Waals surface area contributed by atoms with Crippen LogP contribution in [0.2, 0.25) is 0 Å². The van der Waals surface area contributed by atoms with Crippen LogP contribution >= 0.6 is 11.3 Å². The standard InChI is InChI=1S/C12H14N4OS/c1-3-13-10-5-4-9(6-14-10)11(17)16-12-15-8(2)7-18-12/h4-7H,3H2,1-2H3,(H,13,14)(H,15,16,17). The van der Waals surface area contributed by atoms with Gasteiger partial charge < -0.3 is 5.32 Å². The fourth-order valence-electron chi connectivity index (χ4n) is 1.39. The van der Waals surface area contributed by atoms with Crippen LogP contribution < -0.4 is 10.6 Å². The van der Waals surface area contributed by atoms with Gasteiger partial charge in [-0.2, -0.15) is 0 Å². The molecule has 0 saturated heterocycles. The lowest BCUT2D eigenvalue weighted by molar-refractivity contribution is 0.102. The van der Waals surface area contributed by atoms with Gasteiger partial charge in [0.2, 0.25) is 0 Å². The first-order valence-corrected chi connectivity index (χ1v) is 6.50. The highest BCUT2D eigenvalue weighted by atomic mass is 32.1. The van der Waals surface area contributed by atoms with E-state index in [1.165, 1.54) is 11.3 Å². The van der Waals surface area contributed by atoms with E-state index in [-0.39, 0.29) is 5.91 Å². The number of amides is 1. The highest BCUT2D eigenvalue weighted by Crippen LogP contribution is 2.15. The Morgan fingerprint density at radius 1 is 1.44 bits per heavy atom. The van der Waals surface area contributed by atoms with Gasteiger partial charge >= 0.3 is 0 Å². The van der Waals surface area contributed by atoms with Crippen LogP contribution in [0.3, 0.4) is 0 Å². The fraction of sp³-hybridized carbons (Fsp3) is 0.250. The van der Waals surface area contributed by atoms with Crippen LogP contribution in [0.15, 0.2) is 23.7 Å². The molecule has 2 rings (SSSR count). The molecule has 0 aliphatic heterocycles. The van der Waals surface area contributed by atoms with Crippen molar-refractivity contribution in [1.29, 1.82) is 0 Å². The second-order valence-corrected chi connectivity index (χ2v) is 4.57. The Kier molecular flexibility index (Phi) is 3.88. The Bertz CT molecular complexity index is 535. The van der Waals surface area contributed by atoms with Gasteiger partial charge in [-0.15, -0.1) is 11.3 Å². The van der Waals surface area contributed by atoms with E-state index in [2.05, 4.69) is 20.6 Å². The highest BCUT2D eigenvalue weighted by molar-refractivity contribution is 7.13. The van der Waals surface area contributed by atoms with E-state index in [1.807, 2.05) is 19.2 Å². The summed E-state index contributed by atoms with van der Waals surface area (Å²) in [6.45, 7) is 4.68. The highest BCUT2D eigenvalue weighted by Gasteiger charge is 2.08. The summed E-state index contributed by atoms with van der Waals surface area (Å²) in [4.78, 5) is 20.2. The van der Waals surface area contributed by atoms with E-state index < -0.39 is 0 Å². The van der Waals surface area contributed by atoms with Crippen LogP contribution in [-0.2, 0) is 0 Å². The molecule has 0 fully saturated rings. The number of carbonyl (C=O) groups is 1. The zero-order chi connectivity index (χ0) is 13.0. The molecule has 18 heavy (non-hydrogen) atoms. The Hall–Kier alpha value is -1.95. The number of hydrogen-bond donors (Lipinski definition) is 2. The molecular formula is C12H14N4OS. The molecule has 0 radical (unpaired) electrons. The molecule has 0 unspecified atom stereocenters. The Labute approximate surface area is 109 Å². The minimum Gasteiger partial charge on any atom is -0.370 e. The number of nitrogens with zero attached hydrogens (tertiary/aromatic N) is 2. The van der Waals surface area contributed by atoms with Gasteiger partial charge in [-0.05, 0) is 26.0 Å². The Morgan fingerprint density at radius 3 is 2.83 bits per heavy atom. The van der Waals surface area contributed by atoms with Gasteiger partial charge in [0, 0.05) is 18.1 Å². The first-order chi connectivity index (χ1) is 8.69. The van der Waals surface area contributed by atoms with Gasteiger partial charge in [0.1, 0.15) is 5.82 Å². The molecule has 6 heteroatoms. The van der Waals surface area contributed by atoms with Crippen molar-refractivity contribution in [2.75, 3.05) is 17.2 Å². The van der Waals surface area contributed by atoms with Crippen LogP contribution in [0.4, 0.5) is 10.9 Å². The van der Waals surface area contributed by atoms with Gasteiger partial charge in [-0.25, -0.2) is 9.97 Å². The van der Waals surface area contributed by atoms with Crippen molar-refractivity contribution in [3.63, 3.8) is 0 Å². The van der Waals surface area contributed by atoms with Crippen LogP contribution in [0.25, 0.3) is 0 Å². The summed E-state index contributed by atoms with van der Waals surface area (Å²) in [6, 6.07) is 3.52. The van der Waals surface area contributed by atoms with Crippen molar-refractivity contribution in [3.05, 3.63) is 35.0 Å². The van der Waals surface area contributed by atoms with Crippen molar-refractivity contribution >= 4 is 28.2 Å². The molecule has 1 amide bonds. The van der Waals surface area contributed by atoms with E-state index in [1.54, 1.807) is 18.3 Å². The predicted octanol–water partition coefficient (Wildman–Crippen LogP) is 2.53. The summed E-state index contributed by atoms with van der Waals surface area (Å²) in [6.07, 6.45) is 1.55. The third-order valence-corrected chi connectivity index (χ3v) is 3.10. The molecule has 0 aromatic carbocycles. The third-order valence-electron chi connectivity index (χ3n) is 2.22. The van der Waals surface area contributed by atoms with Crippen LogP contribution in [0, 0.1) is 6.92 Å². The molecule has 0 atom stereocenters. The van der Waals surface area contributed by atoms with Crippen molar-refractivity contribution in [2.24, 2.45) is 0 Å². The normalized spacial score (nSPS) is 10.1. The van der Waals surface area contributed by atoms with E-state index >= 15 is 0 Å². The number of rotatable bonds is 4. The summed E-state index contributed by atoms with van der Waals surface area (Å²) < 4.78 is 0. The maximum absolute atomic E-state index is 11.9. The second-order valence-electron chi connectivity index (χ2n) is 3.71. The average Bonchev–Trinajstić information content (AvgIpc) is 2.76. The van der Waals surface area contributed by atoms with Crippen molar-refractivity contribution < 1.29 is 4.79 Å². The zero-order valence-electron chi connectivity index (χ0n) is 10.2. The van der Waals surface area contributed by atoms with Crippen LogP contribution in [0.5, 0.6) is 0 Å². The lowest BCUT2D eigenvalue weighted by atomic mass is 10.2. The van der Waals surface area contributed by atoms with Gasteiger partial charge in [-0.1, -0.05) is 0 Å². The SMILES string of the molecule is CCNc1ccc(C(=O)Nc2nc(C)cs2)cn1. The molecular weight excluding hydrogens is 248 g/mol. The monoisotopic (exact) mass is 262 g/mol. The molecule has 0 saturated carbocycles. The molecule has 0 aliphatic rings. The number of aryl methyl sites for hydroxylation is 1. The number of anilines is 2. The van der Waals surface area contributed by atoms with Crippen molar-refractivity contribution in [2.45, 2.75) is 13.8 Å². The lowest BCUT2D eigenvalue weighted by Gasteiger charge is -2.04. The summed E-state index contributed by atoms with van der Waals surface area (Å²) in [5.41, 5.74) is 1.42. The first kappa shape index (κ1) is 12.5. The number of carbonyl (C=O) groups excluding carboxylic acids is 1. The summed E-state index contributed by atoms with van der Waals surface area (Å²) in [7, 11) is 0. The van der Waals surface area contributed by atoms with Gasteiger partial charge in [0.25, 0.3) is 5.91 Å². The summed E-state index contributed by atoms with van der Waals surface area (Å²) >= 11 is 1.41. The molecule has 2 aromatic heterocycles. The number of thiazole rings is 1. The lowest BCUT2D eigenvalue weighted by Crippen LogP contribution is -2.12. The smallest absolute Gasteiger partial charge is 0.259 e.